The molecule has 36 nitrogen and oxygen atoms in total. The molecule has 0 aliphatic carbocycles. The Labute approximate surface area is 635 Å². The molecule has 0 aliphatic heterocycles. The molecule has 576 valence electrons. The number of aliphatic carboxylic acids is 9. The number of hydrogen-bond donors (Lipinski definition) is 21. The molecular formula is C64H95I3N12O24. The van der Waals surface area contributed by atoms with Crippen LogP contribution < -0.4 is 63.8 Å². The quantitative estimate of drug-likeness (QED) is 0.0187. The van der Waals surface area contributed by atoms with Crippen molar-refractivity contribution in [2.75, 3.05) is 35.6 Å². The molecular weight excluding hydrogens is 1700 g/mol. The van der Waals surface area contributed by atoms with Gasteiger partial charge in [-0.15, -0.1) is 0 Å². The number of nitrogens with one attached hydrogen (secondary N) is 12. The number of halogens is 3. The highest BCUT2D eigenvalue weighted by Gasteiger charge is 2.26. The maximum atomic E-state index is 12.2. The first-order chi connectivity index (χ1) is 47.2. The zero-order valence-corrected chi connectivity index (χ0v) is 60.2. The first-order valence-electron chi connectivity index (χ1n) is 30.8. The number of carbonyl (C=O) groups excluding carboxylic acids is 6. The molecule has 3 rings (SSSR count). The standard InChI is InChI=1S/C21H29IN4O8.2C20H27IN4O8.3CH4/c22-13-4-6-14(7-5-13)24-20(33)23-10-2-1-3-15(11-18(29)30)25-21(34)26-16(12-19(31)32)8-9-17(27)28;21-12-4-6-13(7-5-12)23-19(32)22-10-2-1-3-15(18(30)31)25-20(33)24-14(11-17(28)29)8-9-16(26)27;21-12-4-6-13(7-5-12)23-19(32)22-10-2-1-3-14(11-17(28)29)24-20(33)25-15(18(30)31)8-9-16(26)27;;;/h4-7,15-16H,1-3,8-12H2,(H,27,28)(H,29,30)(H,31,32)(H2,23,24,33)(H2,25,26,34);2*4-7,14-15H,1-3,8-11H2,(H,26,27)(H,28,29)(H,30,31)(H2,22,23,32)(H2,24,25,33);3*1H4/t15-,16-;2*14-,15-;;;/m000.../s1. The molecule has 0 saturated carbocycles. The fraction of sp³-hybridized carbons (Fsp3) is 0.484. The summed E-state index contributed by atoms with van der Waals surface area (Å²) < 4.78 is 3.11. The highest BCUT2D eigenvalue weighted by Crippen LogP contribution is 2.15. The number of hydrogen-bond acceptors (Lipinski definition) is 15. The minimum atomic E-state index is -1.41. The zero-order valence-electron chi connectivity index (χ0n) is 53.7. The Morgan fingerprint density at radius 3 is 0.767 bits per heavy atom. The second-order valence-corrected chi connectivity index (χ2v) is 25.5. The van der Waals surface area contributed by atoms with Gasteiger partial charge in [0.2, 0.25) is 0 Å². The Hall–Kier alpha value is -9.30. The summed E-state index contributed by atoms with van der Waals surface area (Å²) in [6, 6.07) is 12.1. The Bertz CT molecular complexity index is 3170. The van der Waals surface area contributed by atoms with E-state index in [1.165, 1.54) is 0 Å². The third-order valence-corrected chi connectivity index (χ3v) is 15.5. The van der Waals surface area contributed by atoms with E-state index in [4.69, 9.17) is 40.9 Å². The van der Waals surface area contributed by atoms with Gasteiger partial charge in [-0.3, -0.25) is 33.6 Å². The molecule has 0 saturated heterocycles. The smallest absolute Gasteiger partial charge is 0.326 e. The van der Waals surface area contributed by atoms with E-state index in [2.05, 4.69) is 132 Å². The fourth-order valence-electron chi connectivity index (χ4n) is 8.54. The SMILES string of the molecule is C.C.C.O=C(O)CC[C@@H](CC(=O)O)NC(=O)N[C@@H](CCCCNC(=O)Nc1ccc(I)cc1)C(=O)O.O=C(O)CC[C@@H](CC(=O)O)NC(=O)N[C@@H](CCCCNC(=O)Nc1ccc(I)cc1)CC(=O)O.O=C(O)CC[C@H](NC(=O)N[C@@H](CCCCNC(=O)Nc1ccc(I)cc1)CC(=O)O)C(=O)O. The van der Waals surface area contributed by atoms with E-state index in [0.717, 1.165) is 10.7 Å². The average molecular weight is 1800 g/mol. The monoisotopic (exact) mass is 1800 g/mol. The van der Waals surface area contributed by atoms with E-state index in [9.17, 15) is 77.0 Å². The van der Waals surface area contributed by atoms with Crippen molar-refractivity contribution in [2.24, 2.45) is 0 Å². The molecule has 0 bridgehead atoms. The van der Waals surface area contributed by atoms with E-state index in [1.807, 2.05) is 36.4 Å². The predicted octanol–water partition coefficient (Wildman–Crippen LogP) is 8.43. The van der Waals surface area contributed by atoms with E-state index in [0.29, 0.717) is 81.6 Å². The summed E-state index contributed by atoms with van der Waals surface area (Å²) in [6.45, 7) is 0.973. The van der Waals surface area contributed by atoms with Crippen LogP contribution in [0.15, 0.2) is 72.8 Å². The molecule has 0 aliphatic rings. The van der Waals surface area contributed by atoms with Crippen molar-refractivity contribution < 1.29 is 118 Å². The van der Waals surface area contributed by atoms with Gasteiger partial charge >= 0.3 is 89.9 Å². The largest absolute Gasteiger partial charge is 0.481 e. The molecule has 0 unspecified atom stereocenters. The molecule has 3 aromatic carbocycles. The van der Waals surface area contributed by atoms with E-state index in [1.54, 1.807) is 36.4 Å². The lowest BCUT2D eigenvalue weighted by molar-refractivity contribution is -0.141. The molecule has 12 amide bonds. The van der Waals surface area contributed by atoms with Crippen LogP contribution in [0.3, 0.4) is 0 Å². The minimum absolute atomic E-state index is 0. The third-order valence-electron chi connectivity index (χ3n) is 13.3. The maximum Gasteiger partial charge on any atom is 0.326 e. The van der Waals surface area contributed by atoms with Gasteiger partial charge in [0.15, 0.2) is 0 Å². The fourth-order valence-corrected chi connectivity index (χ4v) is 9.62. The zero-order chi connectivity index (χ0) is 75.1. The second-order valence-electron chi connectivity index (χ2n) is 21.8. The molecule has 6 atom stereocenters. The van der Waals surface area contributed by atoms with Gasteiger partial charge < -0.3 is 110 Å². The van der Waals surface area contributed by atoms with E-state index >= 15 is 0 Å². The molecule has 21 N–H and O–H groups in total. The highest BCUT2D eigenvalue weighted by molar-refractivity contribution is 14.1. The second kappa shape index (κ2) is 56.3. The van der Waals surface area contributed by atoms with Gasteiger partial charge in [0, 0.05) is 90.8 Å². The average Bonchev–Trinajstić information content (AvgIpc) is 0.998. The van der Waals surface area contributed by atoms with Crippen LogP contribution in [0.1, 0.15) is 144 Å². The van der Waals surface area contributed by atoms with Crippen molar-refractivity contribution in [3.63, 3.8) is 0 Å². The van der Waals surface area contributed by atoms with Crippen molar-refractivity contribution in [3.8, 4) is 0 Å². The van der Waals surface area contributed by atoms with Crippen LogP contribution in [0, 0.1) is 10.7 Å². The van der Waals surface area contributed by atoms with Crippen molar-refractivity contribution in [1.82, 2.24) is 47.9 Å². The Morgan fingerprint density at radius 2 is 0.515 bits per heavy atom. The maximum absolute atomic E-state index is 12.2. The van der Waals surface area contributed by atoms with Crippen LogP contribution in [0.2, 0.25) is 0 Å². The van der Waals surface area contributed by atoms with Crippen LogP contribution in [-0.4, -0.2) is 192 Å². The van der Waals surface area contributed by atoms with Gasteiger partial charge in [0.05, 0.1) is 25.7 Å². The van der Waals surface area contributed by atoms with Crippen molar-refractivity contribution in [3.05, 3.63) is 83.5 Å². The summed E-state index contributed by atoms with van der Waals surface area (Å²) in [6.07, 6.45) is 0.349. The van der Waals surface area contributed by atoms with Crippen molar-refractivity contribution >= 4 is 175 Å². The molecule has 0 radical (unpaired) electrons. The lowest BCUT2D eigenvalue weighted by Crippen LogP contribution is -2.49. The molecule has 0 fully saturated rings. The van der Waals surface area contributed by atoms with E-state index in [-0.39, 0.29) is 92.1 Å². The normalized spacial score (nSPS) is 11.8. The molecule has 0 aromatic heterocycles. The van der Waals surface area contributed by atoms with Gasteiger partial charge in [-0.25, -0.2) is 38.4 Å². The molecule has 3 aromatic rings. The summed E-state index contributed by atoms with van der Waals surface area (Å²) in [5, 5.41) is 111. The summed E-state index contributed by atoms with van der Waals surface area (Å²) in [7, 11) is 0. The van der Waals surface area contributed by atoms with Gasteiger partial charge in [-0.05, 0) is 218 Å². The van der Waals surface area contributed by atoms with E-state index < -0.39 is 133 Å². The van der Waals surface area contributed by atoms with Crippen LogP contribution in [0.25, 0.3) is 0 Å². The van der Waals surface area contributed by atoms with Gasteiger partial charge in [-0.1, -0.05) is 22.3 Å². The molecule has 0 heterocycles. The van der Waals surface area contributed by atoms with Gasteiger partial charge in [0.1, 0.15) is 12.1 Å². The minimum Gasteiger partial charge on any atom is -0.481 e. The summed E-state index contributed by atoms with van der Waals surface area (Å²) >= 11 is 6.46. The Kier molecular flexibility index (Phi) is 53.5. The summed E-state index contributed by atoms with van der Waals surface area (Å²) in [5.74, 6) is -10.8. The number of amides is 12. The van der Waals surface area contributed by atoms with Crippen molar-refractivity contribution in [1.29, 1.82) is 0 Å². The topological polar surface area (TPSA) is 582 Å². The number of urea groups is 6. The first-order valence-corrected chi connectivity index (χ1v) is 34.0. The van der Waals surface area contributed by atoms with Crippen molar-refractivity contribution in [2.45, 2.75) is 181 Å². The van der Waals surface area contributed by atoms with Gasteiger partial charge in [-0.2, -0.15) is 0 Å². The Balaban J connectivity index is -0.00000144. The molecule has 103 heavy (non-hydrogen) atoms. The van der Waals surface area contributed by atoms with Crippen LogP contribution in [0.4, 0.5) is 45.8 Å². The number of carboxylic acid groups (broad SMARTS) is 9. The number of benzene rings is 3. The predicted molar refractivity (Wildman–Crippen MR) is 403 cm³/mol. The van der Waals surface area contributed by atoms with Crippen LogP contribution >= 0.6 is 67.8 Å². The summed E-state index contributed by atoms with van der Waals surface area (Å²) in [4.78, 5) is 171. The van der Waals surface area contributed by atoms with Crippen LogP contribution in [0.5, 0.6) is 0 Å². The summed E-state index contributed by atoms with van der Waals surface area (Å²) in [5.41, 5.74) is 1.94. The molecule has 0 spiro atoms. The Morgan fingerprint density at radius 1 is 0.282 bits per heavy atom. The first kappa shape index (κ1) is 97.9. The highest BCUT2D eigenvalue weighted by atomic mass is 127. The number of carboxylic acids is 9. The lowest BCUT2D eigenvalue weighted by Gasteiger charge is -2.21. The van der Waals surface area contributed by atoms with Gasteiger partial charge in [0.25, 0.3) is 0 Å². The number of unbranched alkanes of at least 4 members (excludes halogenated alkanes) is 3. The number of rotatable bonds is 43. The van der Waals surface area contributed by atoms with Crippen LogP contribution in [-0.2, 0) is 43.2 Å². The molecule has 39 heteroatoms. The third kappa shape index (κ3) is 53.2. The number of anilines is 3. The number of carbonyl (C=O) groups is 15. The lowest BCUT2D eigenvalue weighted by atomic mass is 10.1.